The van der Waals surface area contributed by atoms with Crippen LogP contribution in [0.1, 0.15) is 35.8 Å². The summed E-state index contributed by atoms with van der Waals surface area (Å²) in [6.45, 7) is 2.16. The van der Waals surface area contributed by atoms with Crippen molar-refractivity contribution in [1.82, 2.24) is 19.4 Å². The molecule has 0 unspecified atom stereocenters. The van der Waals surface area contributed by atoms with Gasteiger partial charge in [0.1, 0.15) is 11.1 Å². The van der Waals surface area contributed by atoms with Crippen LogP contribution in [0.15, 0.2) is 53.3 Å². The molecule has 11 heteroatoms. The minimum absolute atomic E-state index is 0.179. The van der Waals surface area contributed by atoms with E-state index in [-0.39, 0.29) is 41.5 Å². The van der Waals surface area contributed by atoms with Gasteiger partial charge in [0.2, 0.25) is 0 Å². The second-order valence-electron chi connectivity index (χ2n) is 10.3. The molecule has 1 N–H and O–H groups in total. The third-order valence-corrected chi connectivity index (χ3v) is 7.76. The highest BCUT2D eigenvalue weighted by atomic mass is 16.5. The van der Waals surface area contributed by atoms with E-state index in [4.69, 9.17) is 14.2 Å². The van der Waals surface area contributed by atoms with Crippen LogP contribution in [0, 0.1) is 0 Å². The predicted molar refractivity (Wildman–Crippen MR) is 157 cm³/mol. The molecule has 0 spiro atoms. The third-order valence-electron chi connectivity index (χ3n) is 7.76. The molecule has 0 atom stereocenters. The number of amides is 2. The summed E-state index contributed by atoms with van der Waals surface area (Å²) in [4.78, 5) is 52.7. The van der Waals surface area contributed by atoms with Gasteiger partial charge in [-0.2, -0.15) is 0 Å². The summed E-state index contributed by atoms with van der Waals surface area (Å²) in [6, 6.07) is 15.0. The van der Waals surface area contributed by atoms with Crippen LogP contribution in [-0.4, -0.2) is 71.8 Å². The van der Waals surface area contributed by atoms with E-state index in [9.17, 15) is 19.2 Å². The van der Waals surface area contributed by atoms with Crippen molar-refractivity contribution in [2.75, 3.05) is 33.9 Å². The molecule has 3 heterocycles. The molecule has 0 saturated carbocycles. The van der Waals surface area contributed by atoms with Crippen molar-refractivity contribution in [2.24, 2.45) is 7.05 Å². The maximum absolute atomic E-state index is 14.1. The molecule has 0 aliphatic carbocycles. The van der Waals surface area contributed by atoms with Crippen LogP contribution in [-0.2, 0) is 27.9 Å². The van der Waals surface area contributed by atoms with Crippen LogP contribution in [0.3, 0.4) is 0 Å². The lowest BCUT2D eigenvalue weighted by atomic mass is 10.0. The topological polar surface area (TPSA) is 121 Å². The maximum atomic E-state index is 14.1. The highest BCUT2D eigenvalue weighted by Crippen LogP contribution is 2.35. The van der Waals surface area contributed by atoms with Gasteiger partial charge in [0, 0.05) is 38.5 Å². The Morgan fingerprint density at radius 1 is 0.976 bits per heavy atom. The van der Waals surface area contributed by atoms with Gasteiger partial charge >= 0.3 is 5.97 Å². The van der Waals surface area contributed by atoms with Gasteiger partial charge < -0.3 is 33.6 Å². The number of likely N-dealkylation sites (tertiary alicyclic amines) is 1. The van der Waals surface area contributed by atoms with E-state index in [0.717, 1.165) is 22.2 Å². The second kappa shape index (κ2) is 12.0. The molecule has 2 aromatic carbocycles. The normalized spacial score (nSPS) is 13.8. The first-order chi connectivity index (χ1) is 20.2. The number of carbonyl (C=O) groups excluding carboxylic acids is 3. The molecule has 42 heavy (non-hydrogen) atoms. The summed E-state index contributed by atoms with van der Waals surface area (Å²) in [5, 5.41) is 4.23. The molecule has 5 rings (SSSR count). The SMILES string of the molecule is COc1ccc(Cn2c(=O)c3c(OC)c(C(=O)NC4CCN(C(=O)COC(C)=O)CC4)n(C)c3c3ccccc32)cc1. The summed E-state index contributed by atoms with van der Waals surface area (Å²) in [5.41, 5.74) is 2.28. The fourth-order valence-corrected chi connectivity index (χ4v) is 5.63. The fraction of sp³-hybridized carbons (Fsp3) is 0.355. The number of esters is 1. The lowest BCUT2D eigenvalue weighted by Crippen LogP contribution is -2.47. The number of piperidine rings is 1. The zero-order valence-electron chi connectivity index (χ0n) is 24.1. The number of pyridine rings is 1. The van der Waals surface area contributed by atoms with E-state index in [1.807, 2.05) is 48.5 Å². The van der Waals surface area contributed by atoms with E-state index in [1.54, 1.807) is 28.2 Å². The number of nitrogens with zero attached hydrogens (tertiary/aromatic N) is 3. The number of aryl methyl sites for hydroxylation is 1. The van der Waals surface area contributed by atoms with Crippen molar-refractivity contribution in [3.8, 4) is 11.5 Å². The number of methoxy groups -OCH3 is 2. The van der Waals surface area contributed by atoms with Gasteiger partial charge in [0.25, 0.3) is 17.4 Å². The number of fused-ring (bicyclic) bond motifs is 3. The van der Waals surface area contributed by atoms with Crippen molar-refractivity contribution in [2.45, 2.75) is 32.4 Å². The largest absolute Gasteiger partial charge is 0.497 e. The second-order valence-corrected chi connectivity index (χ2v) is 10.3. The summed E-state index contributed by atoms with van der Waals surface area (Å²) >= 11 is 0. The van der Waals surface area contributed by atoms with Crippen LogP contribution >= 0.6 is 0 Å². The first-order valence-electron chi connectivity index (χ1n) is 13.8. The van der Waals surface area contributed by atoms with Crippen LogP contribution < -0.4 is 20.3 Å². The van der Waals surface area contributed by atoms with E-state index >= 15 is 0 Å². The van der Waals surface area contributed by atoms with Crippen LogP contribution in [0.2, 0.25) is 0 Å². The Labute approximate surface area is 242 Å². The molecule has 2 aromatic heterocycles. The van der Waals surface area contributed by atoms with Crippen molar-refractivity contribution < 1.29 is 28.6 Å². The molecule has 220 valence electrons. The molecule has 0 bridgehead atoms. The summed E-state index contributed by atoms with van der Waals surface area (Å²) in [5.74, 6) is -0.178. The minimum atomic E-state index is -0.505. The van der Waals surface area contributed by atoms with E-state index in [2.05, 4.69) is 5.32 Å². The molecular formula is C31H34N4O7. The summed E-state index contributed by atoms with van der Waals surface area (Å²) in [7, 11) is 4.82. The predicted octanol–water partition coefficient (Wildman–Crippen LogP) is 2.84. The number of hydrogen-bond donors (Lipinski definition) is 1. The van der Waals surface area contributed by atoms with Gasteiger partial charge in [-0.25, -0.2) is 0 Å². The first-order valence-corrected chi connectivity index (χ1v) is 13.8. The van der Waals surface area contributed by atoms with E-state index < -0.39 is 5.97 Å². The quantitative estimate of drug-likeness (QED) is 0.321. The Kier molecular flexibility index (Phi) is 8.19. The van der Waals surface area contributed by atoms with Gasteiger partial charge in [0.15, 0.2) is 18.1 Å². The Hall–Kier alpha value is -4.80. The molecule has 1 aliphatic rings. The zero-order valence-corrected chi connectivity index (χ0v) is 24.1. The number of carbonyl (C=O) groups is 3. The van der Waals surface area contributed by atoms with E-state index in [0.29, 0.717) is 43.4 Å². The van der Waals surface area contributed by atoms with Gasteiger partial charge in [-0.15, -0.1) is 0 Å². The summed E-state index contributed by atoms with van der Waals surface area (Å²) in [6.07, 6.45) is 1.09. The number of aromatic nitrogens is 2. The average molecular weight is 575 g/mol. The Morgan fingerprint density at radius 3 is 2.31 bits per heavy atom. The number of hydrogen-bond acceptors (Lipinski definition) is 7. The van der Waals surface area contributed by atoms with Gasteiger partial charge in [-0.05, 0) is 36.6 Å². The van der Waals surface area contributed by atoms with E-state index in [1.165, 1.54) is 14.0 Å². The van der Waals surface area contributed by atoms with Crippen molar-refractivity contribution >= 4 is 39.6 Å². The molecule has 0 radical (unpaired) electrons. The van der Waals surface area contributed by atoms with Crippen molar-refractivity contribution in [1.29, 1.82) is 0 Å². The molecule has 2 amide bonds. The Bertz CT molecular complexity index is 1710. The molecule has 4 aromatic rings. The van der Waals surface area contributed by atoms with Gasteiger partial charge in [-0.3, -0.25) is 19.2 Å². The molecule has 1 aliphatic heterocycles. The Balaban J connectivity index is 1.47. The van der Waals surface area contributed by atoms with Crippen molar-refractivity contribution in [3.63, 3.8) is 0 Å². The smallest absolute Gasteiger partial charge is 0.303 e. The van der Waals surface area contributed by atoms with Crippen LogP contribution in [0.5, 0.6) is 11.5 Å². The Morgan fingerprint density at radius 2 is 1.67 bits per heavy atom. The number of benzene rings is 2. The first kappa shape index (κ1) is 28.7. The standard InChI is InChI=1S/C31H34N4O7/c1-19(36)42-18-25(37)34-15-13-21(14-16-34)32-30(38)28-29(41-4)26-27(33(28)2)23-7-5-6-8-24(23)35(31(26)39)17-20-9-11-22(40-3)12-10-20/h5-12,21H,13-18H2,1-4H3,(H,32,38). The monoisotopic (exact) mass is 574 g/mol. The van der Waals surface area contributed by atoms with Crippen LogP contribution in [0.4, 0.5) is 0 Å². The number of ether oxygens (including phenoxy) is 3. The minimum Gasteiger partial charge on any atom is -0.497 e. The molecule has 11 nitrogen and oxygen atoms in total. The molecular weight excluding hydrogens is 540 g/mol. The number of para-hydroxylation sites is 1. The van der Waals surface area contributed by atoms with Gasteiger partial charge in [-0.1, -0.05) is 30.3 Å². The lowest BCUT2D eigenvalue weighted by molar-refractivity contribution is -0.150. The number of nitrogens with one attached hydrogen (secondary N) is 1. The van der Waals surface area contributed by atoms with Crippen LogP contribution in [0.25, 0.3) is 21.8 Å². The highest BCUT2D eigenvalue weighted by Gasteiger charge is 2.30. The van der Waals surface area contributed by atoms with Gasteiger partial charge in [0.05, 0.1) is 31.8 Å². The lowest BCUT2D eigenvalue weighted by Gasteiger charge is -2.32. The summed E-state index contributed by atoms with van der Waals surface area (Å²) < 4.78 is 19.3. The highest BCUT2D eigenvalue weighted by molar-refractivity contribution is 6.12. The number of rotatable bonds is 8. The third kappa shape index (κ3) is 5.41. The van der Waals surface area contributed by atoms with Crippen molar-refractivity contribution in [3.05, 3.63) is 70.1 Å². The maximum Gasteiger partial charge on any atom is 0.303 e. The zero-order chi connectivity index (χ0) is 30.0. The average Bonchev–Trinajstić information content (AvgIpc) is 3.31. The molecule has 1 saturated heterocycles. The fourth-order valence-electron chi connectivity index (χ4n) is 5.63. The molecule has 1 fully saturated rings.